The van der Waals surface area contributed by atoms with Crippen molar-refractivity contribution in [1.82, 2.24) is 4.98 Å². The van der Waals surface area contributed by atoms with E-state index in [1.807, 2.05) is 54.6 Å². The normalized spacial score (nSPS) is 16.4. The zero-order chi connectivity index (χ0) is 18.6. The molecule has 0 aliphatic carbocycles. The number of amides is 1. The number of carbonyl (C=O) groups is 1. The van der Waals surface area contributed by atoms with E-state index in [1.165, 1.54) is 0 Å². The lowest BCUT2D eigenvalue weighted by Gasteiger charge is -2.12. The summed E-state index contributed by atoms with van der Waals surface area (Å²) >= 11 is 6.28. The predicted octanol–water partition coefficient (Wildman–Crippen LogP) is 4.62. The molecule has 1 aromatic heterocycles. The van der Waals surface area contributed by atoms with Gasteiger partial charge in [-0.3, -0.25) is 4.79 Å². The van der Waals surface area contributed by atoms with Crippen LogP contribution < -0.4 is 10.6 Å². The van der Waals surface area contributed by atoms with Gasteiger partial charge in [-0.2, -0.15) is 0 Å². The maximum atomic E-state index is 12.2. The molecule has 0 spiro atoms. The minimum atomic E-state index is -0.337. The fourth-order valence-electron chi connectivity index (χ4n) is 3.21. The van der Waals surface area contributed by atoms with Gasteiger partial charge in [0, 0.05) is 24.2 Å². The molecule has 2 heterocycles. The van der Waals surface area contributed by atoms with Gasteiger partial charge in [0.15, 0.2) is 0 Å². The number of hydrogen-bond donors (Lipinski definition) is 2. The summed E-state index contributed by atoms with van der Waals surface area (Å²) in [5.41, 5.74) is 1.80. The maximum Gasteiger partial charge on any atom is 0.253 e. The van der Waals surface area contributed by atoms with E-state index in [-0.39, 0.29) is 12.0 Å². The number of nitrogens with zero attached hydrogens (tertiary/aromatic N) is 1. The van der Waals surface area contributed by atoms with E-state index >= 15 is 0 Å². The van der Waals surface area contributed by atoms with Crippen LogP contribution in [0.2, 0.25) is 5.15 Å². The van der Waals surface area contributed by atoms with Gasteiger partial charge in [-0.1, -0.05) is 48.0 Å². The summed E-state index contributed by atoms with van der Waals surface area (Å²) in [6.45, 7) is 1.23. The average molecular weight is 382 g/mol. The molecule has 1 amide bonds. The summed E-state index contributed by atoms with van der Waals surface area (Å²) in [7, 11) is 0. The standard InChI is InChI=1S/C21H20ClN3O2/c22-20-17-8-2-1-6-15(17)12-19(25-20)23-13-14-5-3-7-16(11-14)24-21(26)18-9-4-10-27-18/h1-3,5-8,11-12,18H,4,9-10,13H2,(H,23,25)(H,24,26). The minimum Gasteiger partial charge on any atom is -0.368 e. The van der Waals surface area contributed by atoms with Crippen molar-refractivity contribution in [2.45, 2.75) is 25.5 Å². The highest BCUT2D eigenvalue weighted by Gasteiger charge is 2.23. The van der Waals surface area contributed by atoms with Gasteiger partial charge in [0.05, 0.1) is 0 Å². The Morgan fingerprint density at radius 3 is 2.93 bits per heavy atom. The van der Waals surface area contributed by atoms with Crippen LogP contribution in [-0.2, 0) is 16.1 Å². The van der Waals surface area contributed by atoms with Gasteiger partial charge in [-0.05, 0) is 42.0 Å². The van der Waals surface area contributed by atoms with Gasteiger partial charge in [0.2, 0.25) is 0 Å². The number of aromatic nitrogens is 1. The fourth-order valence-corrected chi connectivity index (χ4v) is 3.47. The molecule has 2 aromatic carbocycles. The third-order valence-electron chi connectivity index (χ3n) is 4.58. The van der Waals surface area contributed by atoms with Crippen LogP contribution in [0, 0.1) is 0 Å². The number of benzene rings is 2. The number of ether oxygens (including phenoxy) is 1. The van der Waals surface area contributed by atoms with Crippen molar-refractivity contribution in [1.29, 1.82) is 0 Å². The van der Waals surface area contributed by atoms with Crippen molar-refractivity contribution < 1.29 is 9.53 Å². The Labute approximate surface area is 162 Å². The second kappa shape index (κ2) is 7.94. The molecule has 0 bridgehead atoms. The molecule has 1 saturated heterocycles. The number of halogens is 1. The Hall–Kier alpha value is -2.63. The molecular weight excluding hydrogens is 362 g/mol. The molecule has 0 saturated carbocycles. The molecule has 1 unspecified atom stereocenters. The second-order valence-corrected chi connectivity index (χ2v) is 6.92. The fraction of sp³-hybridized carbons (Fsp3) is 0.238. The number of carbonyl (C=O) groups excluding carboxylic acids is 1. The molecule has 1 fully saturated rings. The van der Waals surface area contributed by atoms with Crippen LogP contribution in [0.25, 0.3) is 10.8 Å². The zero-order valence-corrected chi connectivity index (χ0v) is 15.5. The summed E-state index contributed by atoms with van der Waals surface area (Å²) in [4.78, 5) is 16.6. The largest absolute Gasteiger partial charge is 0.368 e. The second-order valence-electron chi connectivity index (χ2n) is 6.56. The van der Waals surface area contributed by atoms with Crippen LogP contribution in [0.1, 0.15) is 18.4 Å². The van der Waals surface area contributed by atoms with Crippen molar-refractivity contribution in [2.75, 3.05) is 17.2 Å². The first-order valence-electron chi connectivity index (χ1n) is 8.99. The molecule has 2 N–H and O–H groups in total. The van der Waals surface area contributed by atoms with Crippen molar-refractivity contribution in [3.05, 3.63) is 65.3 Å². The van der Waals surface area contributed by atoms with Crippen LogP contribution in [-0.4, -0.2) is 23.6 Å². The summed E-state index contributed by atoms with van der Waals surface area (Å²) in [6, 6.07) is 17.6. The molecule has 6 heteroatoms. The SMILES string of the molecule is O=C(Nc1cccc(CNc2cc3ccccc3c(Cl)n2)c1)C1CCCO1. The number of nitrogens with one attached hydrogen (secondary N) is 2. The Balaban J connectivity index is 1.43. The number of pyridine rings is 1. The van der Waals surface area contributed by atoms with Gasteiger partial charge in [-0.15, -0.1) is 0 Å². The summed E-state index contributed by atoms with van der Waals surface area (Å²) in [5, 5.41) is 8.68. The molecule has 138 valence electrons. The molecule has 3 aromatic rings. The van der Waals surface area contributed by atoms with E-state index in [4.69, 9.17) is 16.3 Å². The van der Waals surface area contributed by atoms with Crippen molar-refractivity contribution in [3.63, 3.8) is 0 Å². The van der Waals surface area contributed by atoms with Crippen LogP contribution >= 0.6 is 11.6 Å². The maximum absolute atomic E-state index is 12.2. The summed E-state index contributed by atoms with van der Waals surface area (Å²) in [6.07, 6.45) is 1.38. The average Bonchev–Trinajstić information content (AvgIpc) is 3.22. The monoisotopic (exact) mass is 381 g/mol. The third kappa shape index (κ3) is 4.21. The van der Waals surface area contributed by atoms with Gasteiger partial charge in [0.1, 0.15) is 17.1 Å². The number of rotatable bonds is 5. The molecular formula is C21H20ClN3O2. The topological polar surface area (TPSA) is 63.2 Å². The summed E-state index contributed by atoms with van der Waals surface area (Å²) in [5.74, 6) is 0.632. The molecule has 1 aliphatic rings. The first-order valence-corrected chi connectivity index (χ1v) is 9.37. The predicted molar refractivity (Wildman–Crippen MR) is 108 cm³/mol. The van der Waals surface area contributed by atoms with Crippen LogP contribution in [0.15, 0.2) is 54.6 Å². The molecule has 27 heavy (non-hydrogen) atoms. The molecule has 5 nitrogen and oxygen atoms in total. The van der Waals surface area contributed by atoms with E-state index in [0.29, 0.717) is 24.1 Å². The van der Waals surface area contributed by atoms with E-state index < -0.39 is 0 Å². The van der Waals surface area contributed by atoms with Crippen LogP contribution in [0.4, 0.5) is 11.5 Å². The lowest BCUT2D eigenvalue weighted by atomic mass is 10.1. The number of anilines is 2. The molecule has 0 radical (unpaired) electrons. The first kappa shape index (κ1) is 17.8. The Morgan fingerprint density at radius 2 is 2.07 bits per heavy atom. The van der Waals surface area contributed by atoms with E-state index in [1.54, 1.807) is 0 Å². The van der Waals surface area contributed by atoms with Crippen LogP contribution in [0.5, 0.6) is 0 Å². The third-order valence-corrected chi connectivity index (χ3v) is 4.87. The minimum absolute atomic E-state index is 0.0828. The van der Waals surface area contributed by atoms with E-state index in [9.17, 15) is 4.79 Å². The quantitative estimate of drug-likeness (QED) is 0.633. The zero-order valence-electron chi connectivity index (χ0n) is 14.7. The van der Waals surface area contributed by atoms with Gasteiger partial charge in [0.25, 0.3) is 5.91 Å². The van der Waals surface area contributed by atoms with Crippen molar-refractivity contribution >= 4 is 39.8 Å². The van der Waals surface area contributed by atoms with E-state index in [0.717, 1.165) is 34.9 Å². The smallest absolute Gasteiger partial charge is 0.253 e. The van der Waals surface area contributed by atoms with Gasteiger partial charge >= 0.3 is 0 Å². The Bertz CT molecular complexity index is 971. The Kier molecular flexibility index (Phi) is 5.23. The molecule has 4 rings (SSSR count). The highest BCUT2D eigenvalue weighted by Crippen LogP contribution is 2.25. The number of hydrogen-bond acceptors (Lipinski definition) is 4. The lowest BCUT2D eigenvalue weighted by molar-refractivity contribution is -0.124. The highest BCUT2D eigenvalue weighted by atomic mass is 35.5. The van der Waals surface area contributed by atoms with Gasteiger partial charge in [-0.25, -0.2) is 4.98 Å². The first-order chi connectivity index (χ1) is 13.2. The van der Waals surface area contributed by atoms with Crippen molar-refractivity contribution in [2.24, 2.45) is 0 Å². The lowest BCUT2D eigenvalue weighted by Crippen LogP contribution is -2.26. The molecule has 1 aliphatic heterocycles. The number of fused-ring (bicyclic) bond motifs is 1. The Morgan fingerprint density at radius 1 is 1.19 bits per heavy atom. The van der Waals surface area contributed by atoms with Gasteiger partial charge < -0.3 is 15.4 Å². The van der Waals surface area contributed by atoms with Crippen LogP contribution in [0.3, 0.4) is 0 Å². The highest BCUT2D eigenvalue weighted by molar-refractivity contribution is 6.34. The van der Waals surface area contributed by atoms with Crippen molar-refractivity contribution in [3.8, 4) is 0 Å². The summed E-state index contributed by atoms with van der Waals surface area (Å²) < 4.78 is 5.42. The molecule has 1 atom stereocenters. The van der Waals surface area contributed by atoms with E-state index in [2.05, 4.69) is 15.6 Å².